The molecule has 0 fully saturated rings. The van der Waals surface area contributed by atoms with Crippen molar-refractivity contribution in [1.82, 2.24) is 5.32 Å². The number of nitriles is 1. The summed E-state index contributed by atoms with van der Waals surface area (Å²) in [7, 11) is 0. The lowest BCUT2D eigenvalue weighted by Crippen LogP contribution is -2.25. The second-order valence-corrected chi connectivity index (χ2v) is 6.41. The van der Waals surface area contributed by atoms with Gasteiger partial charge in [0.25, 0.3) is 0 Å². The normalized spacial score (nSPS) is 10.2. The van der Waals surface area contributed by atoms with Gasteiger partial charge in [-0.3, -0.25) is 4.79 Å². The van der Waals surface area contributed by atoms with E-state index in [9.17, 15) is 9.18 Å². The van der Waals surface area contributed by atoms with Crippen molar-refractivity contribution >= 4 is 17.7 Å². The average molecular weight is 342 g/mol. The van der Waals surface area contributed by atoms with Gasteiger partial charge in [-0.25, -0.2) is 4.39 Å². The molecule has 24 heavy (non-hydrogen) atoms. The van der Waals surface area contributed by atoms with E-state index in [0.29, 0.717) is 36.3 Å². The number of nitrogens with one attached hydrogen (secondary N) is 1. The number of nitrogens with zero attached hydrogens (tertiary/aromatic N) is 1. The first-order valence-corrected chi connectivity index (χ1v) is 8.91. The second kappa shape index (κ2) is 9.74. The molecule has 1 amide bonds. The third-order valence-electron chi connectivity index (χ3n) is 3.51. The highest BCUT2D eigenvalue weighted by Gasteiger charge is 2.03. The van der Waals surface area contributed by atoms with Crippen molar-refractivity contribution in [2.75, 3.05) is 12.3 Å². The summed E-state index contributed by atoms with van der Waals surface area (Å²) in [5, 5.41) is 11.6. The zero-order chi connectivity index (χ0) is 17.2. The van der Waals surface area contributed by atoms with Crippen molar-refractivity contribution in [2.45, 2.75) is 18.6 Å². The Balaban J connectivity index is 1.59. The maximum absolute atomic E-state index is 13.4. The van der Waals surface area contributed by atoms with Gasteiger partial charge in [-0.2, -0.15) is 17.0 Å². The Bertz CT molecular complexity index is 710. The molecular weight excluding hydrogens is 323 g/mol. The minimum Gasteiger partial charge on any atom is -0.355 e. The average Bonchev–Trinajstić information content (AvgIpc) is 2.61. The van der Waals surface area contributed by atoms with Crippen LogP contribution in [0.15, 0.2) is 48.5 Å². The lowest BCUT2D eigenvalue weighted by Gasteiger charge is -2.06. The van der Waals surface area contributed by atoms with Crippen LogP contribution in [-0.4, -0.2) is 18.2 Å². The Kier molecular flexibility index (Phi) is 7.31. The number of carbonyl (C=O) groups excluding carboxylic acids is 1. The number of aryl methyl sites for hydroxylation is 1. The van der Waals surface area contributed by atoms with E-state index in [1.165, 1.54) is 6.07 Å². The predicted octanol–water partition coefficient (Wildman–Crippen LogP) is 3.68. The van der Waals surface area contributed by atoms with Gasteiger partial charge in [0, 0.05) is 24.5 Å². The molecule has 0 spiro atoms. The van der Waals surface area contributed by atoms with Gasteiger partial charge in [0.05, 0.1) is 11.6 Å². The molecule has 0 aliphatic carbocycles. The van der Waals surface area contributed by atoms with Crippen LogP contribution in [0.1, 0.15) is 23.1 Å². The second-order valence-electron chi connectivity index (χ2n) is 5.30. The van der Waals surface area contributed by atoms with Gasteiger partial charge in [-0.1, -0.05) is 30.3 Å². The van der Waals surface area contributed by atoms with Crippen LogP contribution in [0.5, 0.6) is 0 Å². The van der Waals surface area contributed by atoms with Crippen LogP contribution in [0.25, 0.3) is 0 Å². The van der Waals surface area contributed by atoms with Crippen molar-refractivity contribution < 1.29 is 9.18 Å². The van der Waals surface area contributed by atoms with Gasteiger partial charge in [-0.05, 0) is 35.7 Å². The van der Waals surface area contributed by atoms with Crippen molar-refractivity contribution in [1.29, 1.82) is 5.26 Å². The lowest BCUT2D eigenvalue weighted by atomic mass is 10.1. The van der Waals surface area contributed by atoms with E-state index < -0.39 is 0 Å². The molecule has 0 radical (unpaired) electrons. The van der Waals surface area contributed by atoms with E-state index >= 15 is 0 Å². The number of carbonyl (C=O) groups is 1. The minimum atomic E-state index is -0.184. The van der Waals surface area contributed by atoms with E-state index in [4.69, 9.17) is 5.26 Å². The lowest BCUT2D eigenvalue weighted by molar-refractivity contribution is -0.120. The molecule has 5 heteroatoms. The monoisotopic (exact) mass is 342 g/mol. The number of hydrogen-bond acceptors (Lipinski definition) is 3. The summed E-state index contributed by atoms with van der Waals surface area (Å²) in [5.41, 5.74) is 2.35. The highest BCUT2D eigenvalue weighted by molar-refractivity contribution is 7.98. The Labute approximate surface area is 145 Å². The number of thioether (sulfide) groups is 1. The van der Waals surface area contributed by atoms with Gasteiger partial charge >= 0.3 is 0 Å². The van der Waals surface area contributed by atoms with Crippen LogP contribution in [-0.2, 0) is 17.0 Å². The van der Waals surface area contributed by atoms with Gasteiger partial charge in [0.1, 0.15) is 5.82 Å². The molecule has 2 rings (SSSR count). The van der Waals surface area contributed by atoms with E-state index in [2.05, 4.69) is 11.4 Å². The molecular formula is C19H19FN2OS. The summed E-state index contributed by atoms with van der Waals surface area (Å²) in [4.78, 5) is 11.8. The van der Waals surface area contributed by atoms with E-state index in [0.717, 1.165) is 11.3 Å². The summed E-state index contributed by atoms with van der Waals surface area (Å²) < 4.78 is 13.4. The largest absolute Gasteiger partial charge is 0.355 e. The van der Waals surface area contributed by atoms with Gasteiger partial charge in [0.15, 0.2) is 0 Å². The zero-order valence-corrected chi connectivity index (χ0v) is 14.1. The maximum Gasteiger partial charge on any atom is 0.220 e. The molecule has 2 aromatic rings. The number of benzene rings is 2. The summed E-state index contributed by atoms with van der Waals surface area (Å²) in [6.45, 7) is 0.575. The first-order chi connectivity index (χ1) is 11.7. The first kappa shape index (κ1) is 18.0. The third-order valence-corrected chi connectivity index (χ3v) is 4.52. The Morgan fingerprint density at radius 2 is 1.92 bits per heavy atom. The van der Waals surface area contributed by atoms with E-state index in [1.54, 1.807) is 36.0 Å². The van der Waals surface area contributed by atoms with E-state index in [1.807, 2.05) is 18.2 Å². The van der Waals surface area contributed by atoms with Gasteiger partial charge in [-0.15, -0.1) is 0 Å². The molecule has 124 valence electrons. The summed E-state index contributed by atoms with van der Waals surface area (Å²) in [5.74, 6) is 1.17. The molecule has 1 N–H and O–H groups in total. The summed E-state index contributed by atoms with van der Waals surface area (Å²) in [6.07, 6.45) is 1.07. The number of amides is 1. The van der Waals surface area contributed by atoms with Gasteiger partial charge < -0.3 is 5.32 Å². The topological polar surface area (TPSA) is 52.9 Å². The van der Waals surface area contributed by atoms with Crippen molar-refractivity contribution in [2.24, 2.45) is 0 Å². The standard InChI is InChI=1S/C19H19FN2OS/c20-18-4-2-1-3-17(18)14-24-12-11-22-19(23)10-9-15-5-7-16(13-21)8-6-15/h1-8H,9-12,14H2,(H,22,23). The zero-order valence-electron chi connectivity index (χ0n) is 13.3. The molecule has 0 aliphatic rings. The first-order valence-electron chi connectivity index (χ1n) is 7.76. The Morgan fingerprint density at radius 1 is 1.17 bits per heavy atom. The maximum atomic E-state index is 13.4. The fourth-order valence-corrected chi connectivity index (χ4v) is 3.00. The molecule has 0 unspecified atom stereocenters. The third kappa shape index (κ3) is 6.05. The van der Waals surface area contributed by atoms with Crippen LogP contribution in [0.4, 0.5) is 4.39 Å². The fourth-order valence-electron chi connectivity index (χ4n) is 2.15. The molecule has 3 nitrogen and oxygen atoms in total. The smallest absolute Gasteiger partial charge is 0.220 e. The molecule has 0 aromatic heterocycles. The van der Waals surface area contributed by atoms with E-state index in [-0.39, 0.29) is 11.7 Å². The summed E-state index contributed by atoms with van der Waals surface area (Å²) >= 11 is 1.60. The molecule has 0 aliphatic heterocycles. The predicted molar refractivity (Wildman–Crippen MR) is 95.0 cm³/mol. The van der Waals surface area contributed by atoms with Crippen LogP contribution in [0.3, 0.4) is 0 Å². The molecule has 0 atom stereocenters. The number of hydrogen-bond donors (Lipinski definition) is 1. The minimum absolute atomic E-state index is 0.00542. The molecule has 0 saturated heterocycles. The SMILES string of the molecule is N#Cc1ccc(CCC(=O)NCCSCc2ccccc2F)cc1. The van der Waals surface area contributed by atoms with Crippen LogP contribution in [0, 0.1) is 17.1 Å². The quantitative estimate of drug-likeness (QED) is 0.745. The Morgan fingerprint density at radius 3 is 2.62 bits per heavy atom. The van der Waals surface area contributed by atoms with Crippen molar-refractivity contribution in [3.05, 3.63) is 71.0 Å². The molecule has 0 saturated carbocycles. The summed E-state index contributed by atoms with van der Waals surface area (Å²) in [6, 6.07) is 16.1. The fraction of sp³-hybridized carbons (Fsp3) is 0.263. The van der Waals surface area contributed by atoms with Crippen molar-refractivity contribution in [3.63, 3.8) is 0 Å². The van der Waals surface area contributed by atoms with Crippen molar-refractivity contribution in [3.8, 4) is 6.07 Å². The van der Waals surface area contributed by atoms with Crippen LogP contribution >= 0.6 is 11.8 Å². The Hall–Kier alpha value is -2.32. The highest BCUT2D eigenvalue weighted by Crippen LogP contribution is 2.14. The molecule has 2 aromatic carbocycles. The van der Waals surface area contributed by atoms with Gasteiger partial charge in [0.2, 0.25) is 5.91 Å². The number of halogens is 1. The molecule has 0 heterocycles. The molecule has 0 bridgehead atoms. The number of rotatable bonds is 8. The highest BCUT2D eigenvalue weighted by atomic mass is 32.2. The van der Waals surface area contributed by atoms with Crippen LogP contribution < -0.4 is 5.32 Å². The van der Waals surface area contributed by atoms with Crippen LogP contribution in [0.2, 0.25) is 0 Å².